The molecular formula is C22H24FN7O2S. The molecule has 0 saturated carbocycles. The number of halogens is 1. The number of hydrogen-bond donors (Lipinski definition) is 1. The molecule has 1 saturated heterocycles. The summed E-state index contributed by atoms with van der Waals surface area (Å²) in [6.45, 7) is 2.64. The van der Waals surface area contributed by atoms with E-state index in [0.29, 0.717) is 49.0 Å². The average Bonchev–Trinajstić information content (AvgIpc) is 2.81. The fourth-order valence-corrected chi connectivity index (χ4v) is 5.87. The number of nitrogens with zero attached hydrogens (tertiary/aromatic N) is 6. The fraction of sp³-hybridized carbons (Fsp3) is 0.409. The minimum absolute atomic E-state index is 0.00490. The van der Waals surface area contributed by atoms with E-state index in [4.69, 9.17) is 0 Å². The van der Waals surface area contributed by atoms with Crippen molar-refractivity contribution < 1.29 is 12.8 Å². The molecule has 3 aromatic heterocycles. The summed E-state index contributed by atoms with van der Waals surface area (Å²) in [5.41, 5.74) is 2.49. The molecule has 5 heterocycles. The number of fused-ring (bicyclic) bond motifs is 1. The lowest BCUT2D eigenvalue weighted by molar-refractivity contribution is 0.554. The predicted octanol–water partition coefficient (Wildman–Crippen LogP) is 2.58. The number of nitrogens with one attached hydrogen (secondary N) is 1. The van der Waals surface area contributed by atoms with Crippen molar-refractivity contribution in [3.63, 3.8) is 0 Å². The summed E-state index contributed by atoms with van der Waals surface area (Å²) >= 11 is 0. The van der Waals surface area contributed by atoms with Gasteiger partial charge in [0.2, 0.25) is 5.95 Å². The molecule has 0 spiro atoms. The quantitative estimate of drug-likeness (QED) is 0.576. The van der Waals surface area contributed by atoms with Gasteiger partial charge in [-0.15, -0.1) is 0 Å². The molecule has 1 N–H and O–H groups in total. The molecule has 0 bridgehead atoms. The first-order chi connectivity index (χ1) is 15.9. The van der Waals surface area contributed by atoms with Crippen molar-refractivity contribution in [1.82, 2.24) is 24.9 Å². The number of rotatable bonds is 4. The maximum absolute atomic E-state index is 14.4. The van der Waals surface area contributed by atoms with Gasteiger partial charge in [0.05, 0.1) is 23.2 Å². The van der Waals surface area contributed by atoms with Crippen LogP contribution in [0.5, 0.6) is 0 Å². The molecule has 2 aliphatic heterocycles. The van der Waals surface area contributed by atoms with Crippen LogP contribution in [0.1, 0.15) is 37.1 Å². The Labute approximate surface area is 191 Å². The van der Waals surface area contributed by atoms with Gasteiger partial charge in [-0.2, -0.15) is 4.39 Å². The Kier molecular flexibility index (Phi) is 5.65. The second-order valence-corrected chi connectivity index (χ2v) is 10.7. The van der Waals surface area contributed by atoms with Gasteiger partial charge in [-0.3, -0.25) is 0 Å². The molecule has 0 aromatic carbocycles. The molecule has 0 aliphatic carbocycles. The van der Waals surface area contributed by atoms with Gasteiger partial charge in [-0.1, -0.05) is 0 Å². The van der Waals surface area contributed by atoms with E-state index in [1.807, 2.05) is 17.9 Å². The predicted molar refractivity (Wildman–Crippen MR) is 122 cm³/mol. The standard InChI is InChI=1S/C22H24FN7O2S/c1-14-17-13-26-22(21-24-6-2-7-25-21)28-18(17)3-8-30(14)20-12-16(11-19(23)29-20)27-15-4-9-33(31,32)10-5-15/h2,6-7,11-15H,3-5,8-10H2,1H3,(H,27,29). The van der Waals surface area contributed by atoms with Crippen LogP contribution in [0.2, 0.25) is 0 Å². The van der Waals surface area contributed by atoms with Crippen LogP contribution in [0, 0.1) is 5.95 Å². The second-order valence-electron chi connectivity index (χ2n) is 8.39. The molecule has 1 fully saturated rings. The van der Waals surface area contributed by atoms with Gasteiger partial charge in [-0.05, 0) is 25.8 Å². The van der Waals surface area contributed by atoms with Crippen molar-refractivity contribution in [2.45, 2.75) is 38.3 Å². The third kappa shape index (κ3) is 4.63. The Morgan fingerprint density at radius 2 is 1.82 bits per heavy atom. The van der Waals surface area contributed by atoms with Crippen molar-refractivity contribution in [2.75, 3.05) is 28.3 Å². The van der Waals surface area contributed by atoms with Gasteiger partial charge in [0, 0.05) is 61.0 Å². The first-order valence-corrected chi connectivity index (χ1v) is 12.7. The maximum Gasteiger partial charge on any atom is 0.216 e. The Morgan fingerprint density at radius 3 is 2.58 bits per heavy atom. The molecule has 5 rings (SSSR count). The number of sulfone groups is 1. The van der Waals surface area contributed by atoms with E-state index in [1.165, 1.54) is 6.07 Å². The molecule has 9 nitrogen and oxygen atoms in total. The second kappa shape index (κ2) is 8.62. The first-order valence-electron chi connectivity index (χ1n) is 10.9. The monoisotopic (exact) mass is 469 g/mol. The van der Waals surface area contributed by atoms with Crippen molar-refractivity contribution in [3.05, 3.63) is 54.0 Å². The van der Waals surface area contributed by atoms with Gasteiger partial charge >= 0.3 is 0 Å². The zero-order chi connectivity index (χ0) is 23.0. The highest BCUT2D eigenvalue weighted by Gasteiger charge is 2.28. The summed E-state index contributed by atoms with van der Waals surface area (Å²) < 4.78 is 37.8. The Balaban J connectivity index is 1.36. The molecule has 3 aromatic rings. The van der Waals surface area contributed by atoms with Crippen LogP contribution in [0.4, 0.5) is 15.9 Å². The first kappa shape index (κ1) is 21.6. The zero-order valence-electron chi connectivity index (χ0n) is 18.1. The number of aromatic nitrogens is 5. The highest BCUT2D eigenvalue weighted by Crippen LogP contribution is 2.33. The van der Waals surface area contributed by atoms with Crippen molar-refractivity contribution >= 4 is 21.3 Å². The van der Waals surface area contributed by atoms with E-state index in [0.717, 1.165) is 11.3 Å². The highest BCUT2D eigenvalue weighted by molar-refractivity contribution is 7.91. The Bertz CT molecular complexity index is 1260. The van der Waals surface area contributed by atoms with E-state index in [-0.39, 0.29) is 23.6 Å². The van der Waals surface area contributed by atoms with Crippen LogP contribution in [-0.2, 0) is 16.3 Å². The van der Waals surface area contributed by atoms with Crippen LogP contribution in [0.15, 0.2) is 36.8 Å². The minimum Gasteiger partial charge on any atom is -0.382 e. The summed E-state index contributed by atoms with van der Waals surface area (Å²) in [6.07, 6.45) is 6.78. The van der Waals surface area contributed by atoms with E-state index in [2.05, 4.69) is 30.2 Å². The molecule has 0 radical (unpaired) electrons. The summed E-state index contributed by atoms with van der Waals surface area (Å²) in [6, 6.07) is 4.81. The zero-order valence-corrected chi connectivity index (χ0v) is 19.0. The summed E-state index contributed by atoms with van der Waals surface area (Å²) in [5, 5.41) is 3.29. The largest absolute Gasteiger partial charge is 0.382 e. The lowest BCUT2D eigenvalue weighted by Gasteiger charge is -2.35. The van der Waals surface area contributed by atoms with Gasteiger partial charge in [0.1, 0.15) is 15.7 Å². The van der Waals surface area contributed by atoms with Crippen LogP contribution < -0.4 is 10.2 Å². The van der Waals surface area contributed by atoms with Crippen molar-refractivity contribution in [1.29, 1.82) is 0 Å². The van der Waals surface area contributed by atoms with Crippen LogP contribution in [0.3, 0.4) is 0 Å². The molecular weight excluding hydrogens is 445 g/mol. The van der Waals surface area contributed by atoms with Crippen molar-refractivity contribution in [2.24, 2.45) is 0 Å². The maximum atomic E-state index is 14.4. The third-order valence-electron chi connectivity index (χ3n) is 6.17. The van der Waals surface area contributed by atoms with E-state index >= 15 is 0 Å². The molecule has 0 amide bonds. The van der Waals surface area contributed by atoms with Gasteiger partial charge in [0.15, 0.2) is 11.6 Å². The minimum atomic E-state index is -2.95. The third-order valence-corrected chi connectivity index (χ3v) is 7.89. The molecule has 2 aliphatic rings. The average molecular weight is 470 g/mol. The van der Waals surface area contributed by atoms with E-state index in [9.17, 15) is 12.8 Å². The highest BCUT2D eigenvalue weighted by atomic mass is 32.2. The normalized spacial score (nSPS) is 20.3. The topological polar surface area (TPSA) is 114 Å². The molecule has 11 heteroatoms. The Morgan fingerprint density at radius 1 is 1.06 bits per heavy atom. The van der Waals surface area contributed by atoms with Gasteiger partial charge in [0.25, 0.3) is 0 Å². The van der Waals surface area contributed by atoms with Crippen molar-refractivity contribution in [3.8, 4) is 11.6 Å². The van der Waals surface area contributed by atoms with Crippen LogP contribution >= 0.6 is 0 Å². The lowest BCUT2D eigenvalue weighted by atomic mass is 9.99. The smallest absolute Gasteiger partial charge is 0.216 e. The molecule has 1 atom stereocenters. The number of pyridine rings is 1. The molecule has 172 valence electrons. The Hall–Kier alpha value is -3.21. The van der Waals surface area contributed by atoms with Gasteiger partial charge in [-0.25, -0.2) is 33.3 Å². The summed E-state index contributed by atoms with van der Waals surface area (Å²) in [7, 11) is -2.95. The van der Waals surface area contributed by atoms with Crippen LogP contribution in [0.25, 0.3) is 11.6 Å². The van der Waals surface area contributed by atoms with Crippen LogP contribution in [-0.4, -0.2) is 57.4 Å². The van der Waals surface area contributed by atoms with E-state index < -0.39 is 15.8 Å². The van der Waals surface area contributed by atoms with E-state index in [1.54, 1.807) is 24.7 Å². The van der Waals surface area contributed by atoms with Gasteiger partial charge < -0.3 is 10.2 Å². The lowest BCUT2D eigenvalue weighted by Crippen LogP contribution is -2.36. The molecule has 1 unspecified atom stereocenters. The fourth-order valence-electron chi connectivity index (χ4n) is 4.38. The SMILES string of the molecule is CC1c2cnc(-c3ncccn3)nc2CCN1c1cc(NC2CCS(=O)(=O)CC2)cc(F)n1. The number of anilines is 2. The summed E-state index contributed by atoms with van der Waals surface area (Å²) in [4.78, 5) is 23.7. The summed E-state index contributed by atoms with van der Waals surface area (Å²) in [5.74, 6) is 1.22. The molecule has 33 heavy (non-hydrogen) atoms. The number of hydrogen-bond acceptors (Lipinski definition) is 9.